The lowest BCUT2D eigenvalue weighted by Crippen LogP contribution is -2.12. The van der Waals surface area contributed by atoms with Crippen LogP contribution in [0.4, 0.5) is 0 Å². The van der Waals surface area contributed by atoms with E-state index in [1.165, 1.54) is 0 Å². The molecule has 0 amide bonds. The Morgan fingerprint density at radius 1 is 1.00 bits per heavy atom. The van der Waals surface area contributed by atoms with Gasteiger partial charge < -0.3 is 9.47 Å². The van der Waals surface area contributed by atoms with Gasteiger partial charge in [0.2, 0.25) is 0 Å². The maximum Gasteiger partial charge on any atom is 0.189 e. The van der Waals surface area contributed by atoms with Crippen molar-refractivity contribution in [2.75, 3.05) is 13.2 Å². The van der Waals surface area contributed by atoms with Crippen LogP contribution in [0.15, 0.2) is 0 Å². The van der Waals surface area contributed by atoms with E-state index in [1.807, 2.05) is 0 Å². The lowest BCUT2D eigenvalue weighted by molar-refractivity contribution is 0.298. The quantitative estimate of drug-likeness (QED) is 0.479. The van der Waals surface area contributed by atoms with Crippen molar-refractivity contribution in [3.63, 3.8) is 0 Å². The molecule has 11 heavy (non-hydrogen) atoms. The van der Waals surface area contributed by atoms with Crippen LogP contribution in [0.5, 0.6) is 0 Å². The minimum absolute atomic E-state index is 0.0888. The van der Waals surface area contributed by atoms with Crippen LogP contribution in [0.25, 0.3) is 0 Å². The Bertz CT molecular complexity index is 129. The zero-order valence-electron chi connectivity index (χ0n) is 6.94. The second kappa shape index (κ2) is 5.70. The zero-order valence-corrected chi connectivity index (χ0v) is 6.94. The van der Waals surface area contributed by atoms with Gasteiger partial charge in [0.25, 0.3) is 0 Å². The molecule has 0 aromatic heterocycles. The monoisotopic (exact) mass is 158 g/mol. The summed E-state index contributed by atoms with van der Waals surface area (Å²) in [6.45, 7) is 4.55. The molecular weight excluding hydrogens is 144 g/mol. The van der Waals surface area contributed by atoms with Gasteiger partial charge in [-0.25, -0.2) is 0 Å². The molecule has 0 atom stereocenters. The molecule has 0 rings (SSSR count). The van der Waals surface area contributed by atoms with Crippen LogP contribution < -0.4 is 0 Å². The van der Waals surface area contributed by atoms with Crippen LogP contribution >= 0.6 is 0 Å². The third-order valence-electron chi connectivity index (χ3n) is 0.958. The first-order valence-corrected chi connectivity index (χ1v) is 3.61. The van der Waals surface area contributed by atoms with E-state index in [0.29, 0.717) is 13.2 Å². The maximum atomic E-state index is 7.15. The highest BCUT2D eigenvalue weighted by atomic mass is 16.5. The minimum atomic E-state index is 0.0888. The second-order valence-corrected chi connectivity index (χ2v) is 1.89. The van der Waals surface area contributed by atoms with Gasteiger partial charge in [-0.2, -0.15) is 0 Å². The van der Waals surface area contributed by atoms with Crippen LogP contribution in [0, 0.1) is 10.8 Å². The zero-order chi connectivity index (χ0) is 8.69. The largest absolute Gasteiger partial charge is 0.481 e. The van der Waals surface area contributed by atoms with E-state index >= 15 is 0 Å². The van der Waals surface area contributed by atoms with E-state index in [2.05, 4.69) is 0 Å². The number of hydrogen-bond donors (Lipinski definition) is 2. The summed E-state index contributed by atoms with van der Waals surface area (Å²) in [7, 11) is 0. The third-order valence-corrected chi connectivity index (χ3v) is 0.958. The Kier molecular flexibility index (Phi) is 5.15. The first-order valence-electron chi connectivity index (χ1n) is 3.61. The molecule has 0 unspecified atom stereocenters. The van der Waals surface area contributed by atoms with Gasteiger partial charge in [0.1, 0.15) is 0 Å². The molecule has 0 aliphatic carbocycles. The Balaban J connectivity index is 3.49. The van der Waals surface area contributed by atoms with Gasteiger partial charge in [0, 0.05) is 0 Å². The van der Waals surface area contributed by atoms with Crippen molar-refractivity contribution in [1.29, 1.82) is 10.8 Å². The van der Waals surface area contributed by atoms with Gasteiger partial charge in [-0.15, -0.1) is 0 Å². The molecule has 4 nitrogen and oxygen atoms in total. The molecule has 0 aromatic rings. The average Bonchev–Trinajstić information content (AvgIpc) is 1.87. The highest BCUT2D eigenvalue weighted by molar-refractivity contribution is 5.93. The smallest absolute Gasteiger partial charge is 0.189 e. The van der Waals surface area contributed by atoms with Crippen molar-refractivity contribution >= 4 is 11.8 Å². The molecule has 0 aliphatic heterocycles. The van der Waals surface area contributed by atoms with E-state index in [0.717, 1.165) is 0 Å². The summed E-state index contributed by atoms with van der Waals surface area (Å²) in [5.41, 5.74) is 0. The van der Waals surface area contributed by atoms with Gasteiger partial charge >= 0.3 is 0 Å². The molecule has 0 heterocycles. The average molecular weight is 158 g/mol. The highest BCUT2D eigenvalue weighted by Crippen LogP contribution is 1.90. The first-order chi connectivity index (χ1) is 5.20. The molecule has 2 N–H and O–H groups in total. The van der Waals surface area contributed by atoms with Gasteiger partial charge in [-0.05, 0) is 13.8 Å². The molecule has 64 valence electrons. The number of nitrogens with one attached hydrogen (secondary N) is 2. The first kappa shape index (κ1) is 9.94. The molecule has 0 aliphatic rings. The van der Waals surface area contributed by atoms with Crippen molar-refractivity contribution < 1.29 is 9.47 Å². The molecule has 0 saturated heterocycles. The Hall–Kier alpha value is -1.06. The fourth-order valence-electron chi connectivity index (χ4n) is 0.596. The van der Waals surface area contributed by atoms with Crippen LogP contribution in [-0.4, -0.2) is 25.0 Å². The molecule has 0 saturated carbocycles. The summed E-state index contributed by atoms with van der Waals surface area (Å²) >= 11 is 0. The van der Waals surface area contributed by atoms with E-state index in [1.54, 1.807) is 13.8 Å². The lowest BCUT2D eigenvalue weighted by atomic mass is 10.4. The molecule has 4 heteroatoms. The number of hydrogen-bond acceptors (Lipinski definition) is 4. The molecule has 0 spiro atoms. The molecular formula is C7H14N2O2. The summed E-state index contributed by atoms with van der Waals surface area (Å²) in [6.07, 6.45) is 0.154. The van der Waals surface area contributed by atoms with Crippen LogP contribution in [-0.2, 0) is 9.47 Å². The van der Waals surface area contributed by atoms with Gasteiger partial charge in [0.05, 0.1) is 19.6 Å². The number of rotatable bonds is 4. The summed E-state index contributed by atoms with van der Waals surface area (Å²) in [5.74, 6) is 0.178. The second-order valence-electron chi connectivity index (χ2n) is 1.89. The van der Waals surface area contributed by atoms with E-state index in [-0.39, 0.29) is 18.2 Å². The lowest BCUT2D eigenvalue weighted by Gasteiger charge is -2.05. The minimum Gasteiger partial charge on any atom is -0.481 e. The molecule has 0 fully saturated rings. The summed E-state index contributed by atoms with van der Waals surface area (Å²) in [4.78, 5) is 0. The van der Waals surface area contributed by atoms with E-state index in [4.69, 9.17) is 20.3 Å². The topological polar surface area (TPSA) is 66.2 Å². The highest BCUT2D eigenvalue weighted by Gasteiger charge is 2.02. The Morgan fingerprint density at radius 2 is 1.36 bits per heavy atom. The fourth-order valence-corrected chi connectivity index (χ4v) is 0.596. The summed E-state index contributed by atoms with van der Waals surface area (Å²) in [6, 6.07) is 0. The van der Waals surface area contributed by atoms with Gasteiger partial charge in [0.15, 0.2) is 11.8 Å². The van der Waals surface area contributed by atoms with Crippen molar-refractivity contribution in [1.82, 2.24) is 0 Å². The summed E-state index contributed by atoms with van der Waals surface area (Å²) in [5, 5.41) is 14.3. The maximum absolute atomic E-state index is 7.15. The van der Waals surface area contributed by atoms with Gasteiger partial charge in [-0.1, -0.05) is 0 Å². The number of ether oxygens (including phenoxy) is 2. The normalized spacial score (nSPS) is 8.91. The fraction of sp³-hybridized carbons (Fsp3) is 0.714. The van der Waals surface area contributed by atoms with Crippen LogP contribution in [0.1, 0.15) is 20.3 Å². The molecule has 0 bridgehead atoms. The van der Waals surface area contributed by atoms with Crippen LogP contribution in [0.3, 0.4) is 0 Å². The SMILES string of the molecule is CCOC(=N)CC(=N)OCC. The molecule has 0 radical (unpaired) electrons. The van der Waals surface area contributed by atoms with E-state index < -0.39 is 0 Å². The predicted molar refractivity (Wildman–Crippen MR) is 43.3 cm³/mol. The van der Waals surface area contributed by atoms with Crippen molar-refractivity contribution in [3.05, 3.63) is 0 Å². The van der Waals surface area contributed by atoms with Crippen molar-refractivity contribution in [3.8, 4) is 0 Å². The third kappa shape index (κ3) is 5.39. The Labute approximate surface area is 66.5 Å². The van der Waals surface area contributed by atoms with Crippen LogP contribution in [0.2, 0.25) is 0 Å². The van der Waals surface area contributed by atoms with Crippen molar-refractivity contribution in [2.24, 2.45) is 0 Å². The van der Waals surface area contributed by atoms with E-state index in [9.17, 15) is 0 Å². The Morgan fingerprint density at radius 3 is 1.64 bits per heavy atom. The molecule has 0 aromatic carbocycles. The van der Waals surface area contributed by atoms with Crippen molar-refractivity contribution in [2.45, 2.75) is 20.3 Å². The standard InChI is InChI=1S/C7H14N2O2/c1-3-10-6(8)5-7(9)11-4-2/h8-9H,3-5H2,1-2H3. The summed E-state index contributed by atoms with van der Waals surface area (Å²) < 4.78 is 9.64. The van der Waals surface area contributed by atoms with Gasteiger partial charge in [-0.3, -0.25) is 10.8 Å². The predicted octanol–water partition coefficient (Wildman–Crippen LogP) is 1.40.